The quantitative estimate of drug-likeness (QED) is 0.763. The zero-order chi connectivity index (χ0) is 21.3. The Hall–Kier alpha value is -3.10. The molecule has 1 N–H and O–H groups in total. The molecule has 0 amide bonds. The van der Waals surface area contributed by atoms with Crippen molar-refractivity contribution >= 4 is 11.8 Å². The summed E-state index contributed by atoms with van der Waals surface area (Å²) in [6, 6.07) is 4.64. The Kier molecular flexibility index (Phi) is 5.50. The molecule has 0 saturated heterocycles. The van der Waals surface area contributed by atoms with Crippen LogP contribution in [0, 0.1) is 0 Å². The van der Waals surface area contributed by atoms with E-state index in [1.54, 1.807) is 6.92 Å². The van der Waals surface area contributed by atoms with Gasteiger partial charge in [0.05, 0.1) is 35.8 Å². The Morgan fingerprint density at radius 3 is 2.38 bits per heavy atom. The SMILES string of the molecule is COC(=O)C1=C(C)Nc2ncnc(OC(C)C)c2C1c1ccc(C(F)(F)F)cc1. The van der Waals surface area contributed by atoms with E-state index in [0.717, 1.165) is 12.1 Å². The number of hydrogen-bond acceptors (Lipinski definition) is 6. The Bertz CT molecular complexity index is 954. The summed E-state index contributed by atoms with van der Waals surface area (Å²) in [7, 11) is 1.25. The standard InChI is InChI=1S/C20H20F3N3O3/c1-10(2)29-18-16-15(12-5-7-13(8-6-12)20(21,22)23)14(19(27)28-4)11(3)26-17(16)24-9-25-18/h5-10,15H,1-4H3,(H,24,25,26). The lowest BCUT2D eigenvalue weighted by atomic mass is 9.82. The predicted octanol–water partition coefficient (Wildman–Crippen LogP) is 4.29. The molecule has 1 unspecified atom stereocenters. The molecule has 1 atom stereocenters. The van der Waals surface area contributed by atoms with Crippen molar-refractivity contribution in [3.8, 4) is 5.88 Å². The fourth-order valence-corrected chi connectivity index (χ4v) is 3.24. The average molecular weight is 407 g/mol. The number of alkyl halides is 3. The van der Waals surface area contributed by atoms with Crippen molar-refractivity contribution in [1.82, 2.24) is 9.97 Å². The normalized spacial score (nSPS) is 16.3. The van der Waals surface area contributed by atoms with Crippen LogP contribution in [0.15, 0.2) is 41.9 Å². The molecule has 0 aliphatic carbocycles. The largest absolute Gasteiger partial charge is 0.475 e. The molecule has 29 heavy (non-hydrogen) atoms. The molecular formula is C20H20F3N3O3. The lowest BCUT2D eigenvalue weighted by Gasteiger charge is -2.30. The minimum absolute atomic E-state index is 0.212. The molecular weight excluding hydrogens is 387 g/mol. The van der Waals surface area contributed by atoms with Gasteiger partial charge >= 0.3 is 12.1 Å². The van der Waals surface area contributed by atoms with E-state index in [1.807, 2.05) is 13.8 Å². The van der Waals surface area contributed by atoms with Gasteiger partial charge in [0.1, 0.15) is 12.1 Å². The molecule has 0 saturated carbocycles. The van der Waals surface area contributed by atoms with E-state index in [-0.39, 0.29) is 17.6 Å². The molecule has 1 aliphatic heterocycles. The van der Waals surface area contributed by atoms with Crippen LogP contribution in [0.25, 0.3) is 0 Å². The van der Waals surface area contributed by atoms with Gasteiger partial charge in [-0.3, -0.25) is 0 Å². The van der Waals surface area contributed by atoms with Crippen LogP contribution in [0.1, 0.15) is 43.4 Å². The lowest BCUT2D eigenvalue weighted by molar-refractivity contribution is -0.138. The zero-order valence-corrected chi connectivity index (χ0v) is 16.3. The minimum atomic E-state index is -4.46. The lowest BCUT2D eigenvalue weighted by Crippen LogP contribution is -2.26. The highest BCUT2D eigenvalue weighted by atomic mass is 19.4. The summed E-state index contributed by atoms with van der Waals surface area (Å²) < 4.78 is 49.7. The molecule has 1 aromatic carbocycles. The van der Waals surface area contributed by atoms with Crippen molar-refractivity contribution in [3.63, 3.8) is 0 Å². The van der Waals surface area contributed by atoms with E-state index in [2.05, 4.69) is 15.3 Å². The van der Waals surface area contributed by atoms with Crippen molar-refractivity contribution < 1.29 is 27.4 Å². The monoisotopic (exact) mass is 407 g/mol. The third kappa shape index (κ3) is 4.03. The Labute approximate surface area is 165 Å². The van der Waals surface area contributed by atoms with E-state index >= 15 is 0 Å². The summed E-state index contributed by atoms with van der Waals surface area (Å²) in [6.07, 6.45) is -3.35. The van der Waals surface area contributed by atoms with Crippen LogP contribution in [0.5, 0.6) is 5.88 Å². The molecule has 0 spiro atoms. The number of rotatable bonds is 4. The number of allylic oxidation sites excluding steroid dienone is 1. The molecule has 1 aromatic heterocycles. The van der Waals surface area contributed by atoms with Crippen molar-refractivity contribution in [1.29, 1.82) is 0 Å². The van der Waals surface area contributed by atoms with Crippen molar-refractivity contribution in [2.45, 2.75) is 39.0 Å². The van der Waals surface area contributed by atoms with Gasteiger partial charge in [0, 0.05) is 5.70 Å². The first-order valence-corrected chi connectivity index (χ1v) is 8.88. The van der Waals surface area contributed by atoms with Crippen molar-refractivity contribution in [2.75, 3.05) is 12.4 Å². The number of carbonyl (C=O) groups excluding carboxylic acids is 1. The summed E-state index contributed by atoms with van der Waals surface area (Å²) in [5.74, 6) is -0.692. The average Bonchev–Trinajstić information content (AvgIpc) is 2.65. The van der Waals surface area contributed by atoms with Gasteiger partial charge in [0.2, 0.25) is 5.88 Å². The second-order valence-corrected chi connectivity index (χ2v) is 6.82. The van der Waals surface area contributed by atoms with Crippen LogP contribution in [-0.2, 0) is 15.7 Å². The van der Waals surface area contributed by atoms with Crippen LogP contribution in [0.3, 0.4) is 0 Å². The van der Waals surface area contributed by atoms with Gasteiger partial charge in [-0.05, 0) is 38.5 Å². The second-order valence-electron chi connectivity index (χ2n) is 6.82. The number of esters is 1. The number of fused-ring (bicyclic) bond motifs is 1. The molecule has 0 radical (unpaired) electrons. The fourth-order valence-electron chi connectivity index (χ4n) is 3.24. The number of nitrogens with one attached hydrogen (secondary N) is 1. The van der Waals surface area contributed by atoms with Gasteiger partial charge in [-0.25, -0.2) is 14.8 Å². The maximum atomic E-state index is 13.0. The number of methoxy groups -OCH3 is 1. The number of hydrogen-bond donors (Lipinski definition) is 1. The number of aromatic nitrogens is 2. The minimum Gasteiger partial charge on any atom is -0.475 e. The Balaban J connectivity index is 2.22. The molecule has 154 valence electrons. The van der Waals surface area contributed by atoms with Gasteiger partial charge in [-0.15, -0.1) is 0 Å². The number of ether oxygens (including phenoxy) is 2. The smallest absolute Gasteiger partial charge is 0.416 e. The van der Waals surface area contributed by atoms with E-state index in [4.69, 9.17) is 9.47 Å². The molecule has 2 heterocycles. The number of anilines is 1. The van der Waals surface area contributed by atoms with Crippen molar-refractivity contribution in [2.24, 2.45) is 0 Å². The summed E-state index contributed by atoms with van der Waals surface area (Å²) in [5.41, 5.74) is 0.890. The maximum absolute atomic E-state index is 13.0. The highest BCUT2D eigenvalue weighted by molar-refractivity contribution is 5.94. The van der Waals surface area contributed by atoms with Crippen LogP contribution in [0.2, 0.25) is 0 Å². The molecule has 3 rings (SSSR count). The molecule has 1 aliphatic rings. The summed E-state index contributed by atoms with van der Waals surface area (Å²) in [5, 5.41) is 3.04. The summed E-state index contributed by atoms with van der Waals surface area (Å²) >= 11 is 0. The molecule has 0 fully saturated rings. The highest BCUT2D eigenvalue weighted by Gasteiger charge is 2.37. The van der Waals surface area contributed by atoms with Gasteiger partial charge in [-0.1, -0.05) is 12.1 Å². The molecule has 2 aromatic rings. The van der Waals surface area contributed by atoms with E-state index in [1.165, 1.54) is 25.6 Å². The number of benzene rings is 1. The number of halogens is 3. The first kappa shape index (κ1) is 20.6. The maximum Gasteiger partial charge on any atom is 0.416 e. The van der Waals surface area contributed by atoms with Gasteiger partial charge in [0.25, 0.3) is 0 Å². The van der Waals surface area contributed by atoms with E-state index in [0.29, 0.717) is 22.6 Å². The van der Waals surface area contributed by atoms with Gasteiger partial charge < -0.3 is 14.8 Å². The predicted molar refractivity (Wildman–Crippen MR) is 99.4 cm³/mol. The summed E-state index contributed by atoms with van der Waals surface area (Å²) in [6.45, 7) is 5.32. The van der Waals surface area contributed by atoms with Gasteiger partial charge in [0.15, 0.2) is 0 Å². The third-order valence-corrected chi connectivity index (χ3v) is 4.46. The first-order chi connectivity index (χ1) is 13.6. The highest BCUT2D eigenvalue weighted by Crippen LogP contribution is 2.45. The number of nitrogens with zero attached hydrogens (tertiary/aromatic N) is 2. The van der Waals surface area contributed by atoms with E-state index in [9.17, 15) is 18.0 Å². The van der Waals surface area contributed by atoms with Crippen LogP contribution >= 0.6 is 0 Å². The van der Waals surface area contributed by atoms with Crippen LogP contribution in [0.4, 0.5) is 19.0 Å². The molecule has 0 bridgehead atoms. The van der Waals surface area contributed by atoms with Crippen LogP contribution < -0.4 is 10.1 Å². The molecule has 9 heteroatoms. The zero-order valence-electron chi connectivity index (χ0n) is 16.3. The summed E-state index contributed by atoms with van der Waals surface area (Å²) in [4.78, 5) is 21.0. The van der Waals surface area contributed by atoms with E-state index < -0.39 is 23.6 Å². The Morgan fingerprint density at radius 2 is 1.83 bits per heavy atom. The first-order valence-electron chi connectivity index (χ1n) is 8.88. The fraction of sp³-hybridized carbons (Fsp3) is 0.350. The van der Waals surface area contributed by atoms with Crippen molar-refractivity contribution in [3.05, 3.63) is 58.6 Å². The topological polar surface area (TPSA) is 73.3 Å². The van der Waals surface area contributed by atoms with Gasteiger partial charge in [-0.2, -0.15) is 13.2 Å². The van der Waals surface area contributed by atoms with Crippen LogP contribution in [-0.4, -0.2) is 29.2 Å². The Morgan fingerprint density at radius 1 is 1.17 bits per heavy atom. The number of carbonyl (C=O) groups is 1. The molecule has 6 nitrogen and oxygen atoms in total. The third-order valence-electron chi connectivity index (χ3n) is 4.46. The second kappa shape index (κ2) is 7.73.